The number of rotatable bonds is 9. The first-order valence-electron chi connectivity index (χ1n) is 7.05. The molecule has 0 aliphatic rings. The maximum absolute atomic E-state index is 5.89. The third-order valence-corrected chi connectivity index (χ3v) is 3.05. The quantitative estimate of drug-likeness (QED) is 0.732. The summed E-state index contributed by atoms with van der Waals surface area (Å²) < 4.78 is 5.89. The molecule has 102 valence electrons. The summed E-state index contributed by atoms with van der Waals surface area (Å²) in [7, 11) is 0. The third-order valence-electron chi connectivity index (χ3n) is 3.05. The number of nitrogens with one attached hydrogen (secondary N) is 1. The highest BCUT2D eigenvalue weighted by molar-refractivity contribution is 5.10. The van der Waals surface area contributed by atoms with Gasteiger partial charge in [-0.1, -0.05) is 26.3 Å². The van der Waals surface area contributed by atoms with E-state index in [1.54, 1.807) is 0 Å². The fraction of sp³-hybridized carbons (Fsp3) is 0.667. The van der Waals surface area contributed by atoms with Gasteiger partial charge >= 0.3 is 0 Å². The molecule has 1 aromatic rings. The van der Waals surface area contributed by atoms with Gasteiger partial charge in [0.25, 0.3) is 0 Å². The Kier molecular flexibility index (Phi) is 7.62. The molecular weight excluding hydrogens is 224 g/mol. The van der Waals surface area contributed by atoms with Gasteiger partial charge < -0.3 is 10.1 Å². The van der Waals surface area contributed by atoms with Crippen LogP contribution in [0.4, 0.5) is 0 Å². The lowest BCUT2D eigenvalue weighted by molar-refractivity contribution is 0.0285. The number of pyridine rings is 1. The van der Waals surface area contributed by atoms with Crippen molar-refractivity contribution in [2.45, 2.75) is 52.2 Å². The van der Waals surface area contributed by atoms with Gasteiger partial charge in [-0.15, -0.1) is 0 Å². The second kappa shape index (κ2) is 9.06. The molecule has 0 saturated heterocycles. The molecular formula is C15H26N2O. The van der Waals surface area contributed by atoms with E-state index < -0.39 is 0 Å². The monoisotopic (exact) mass is 250 g/mol. The average molecular weight is 250 g/mol. The first-order valence-corrected chi connectivity index (χ1v) is 7.05. The van der Waals surface area contributed by atoms with E-state index in [-0.39, 0.29) is 0 Å². The minimum Gasteiger partial charge on any atom is -0.377 e. The van der Waals surface area contributed by atoms with E-state index in [1.807, 2.05) is 18.5 Å². The van der Waals surface area contributed by atoms with E-state index in [0.717, 1.165) is 32.4 Å². The van der Waals surface area contributed by atoms with Gasteiger partial charge in [-0.25, -0.2) is 0 Å². The third kappa shape index (κ3) is 5.15. The molecule has 0 aliphatic heterocycles. The van der Waals surface area contributed by atoms with Gasteiger partial charge in [0, 0.05) is 25.0 Å². The zero-order valence-electron chi connectivity index (χ0n) is 11.9. The Morgan fingerprint density at radius 1 is 1.33 bits per heavy atom. The predicted molar refractivity (Wildman–Crippen MR) is 75.7 cm³/mol. The fourth-order valence-electron chi connectivity index (χ4n) is 2.27. The lowest BCUT2D eigenvalue weighted by atomic mass is 9.99. The number of likely N-dealkylation sites (N-methyl/N-ethyl adjacent to an activating group) is 1. The topological polar surface area (TPSA) is 34.1 Å². The summed E-state index contributed by atoms with van der Waals surface area (Å²) in [5.74, 6) is 0. The van der Waals surface area contributed by atoms with E-state index in [4.69, 9.17) is 4.74 Å². The second-order valence-electron chi connectivity index (χ2n) is 4.51. The standard InChI is InChI=1S/C15H26N2O/c1-4-8-15(18-6-3)14(17-5-2)11-13-9-7-10-16-12-13/h7,9-10,12,14-15,17H,4-6,8,11H2,1-3H3. The van der Waals surface area contributed by atoms with Crippen LogP contribution in [0.2, 0.25) is 0 Å². The van der Waals surface area contributed by atoms with Gasteiger partial charge in [-0.3, -0.25) is 4.98 Å². The Morgan fingerprint density at radius 3 is 2.72 bits per heavy atom. The highest BCUT2D eigenvalue weighted by Crippen LogP contribution is 2.12. The lowest BCUT2D eigenvalue weighted by Crippen LogP contribution is -2.43. The van der Waals surface area contributed by atoms with Crippen molar-refractivity contribution in [3.05, 3.63) is 30.1 Å². The molecule has 0 spiro atoms. The number of hydrogen-bond acceptors (Lipinski definition) is 3. The summed E-state index contributed by atoms with van der Waals surface area (Å²) in [5.41, 5.74) is 1.27. The largest absolute Gasteiger partial charge is 0.377 e. The summed E-state index contributed by atoms with van der Waals surface area (Å²) in [4.78, 5) is 4.18. The molecule has 0 radical (unpaired) electrons. The number of aromatic nitrogens is 1. The van der Waals surface area contributed by atoms with Crippen LogP contribution in [-0.2, 0) is 11.2 Å². The van der Waals surface area contributed by atoms with Gasteiger partial charge in [0.2, 0.25) is 0 Å². The van der Waals surface area contributed by atoms with Gasteiger partial charge in [0.15, 0.2) is 0 Å². The average Bonchev–Trinajstić information content (AvgIpc) is 2.39. The molecule has 0 aromatic carbocycles. The van der Waals surface area contributed by atoms with E-state index in [1.165, 1.54) is 5.56 Å². The van der Waals surface area contributed by atoms with Crippen molar-refractivity contribution in [2.24, 2.45) is 0 Å². The molecule has 2 unspecified atom stereocenters. The number of ether oxygens (including phenoxy) is 1. The predicted octanol–water partition coefficient (Wildman–Crippen LogP) is 2.81. The minimum atomic E-state index is 0.292. The first-order chi connectivity index (χ1) is 8.81. The summed E-state index contributed by atoms with van der Waals surface area (Å²) >= 11 is 0. The van der Waals surface area contributed by atoms with Crippen molar-refractivity contribution in [1.82, 2.24) is 10.3 Å². The smallest absolute Gasteiger partial charge is 0.0731 e. The van der Waals surface area contributed by atoms with Crippen molar-refractivity contribution in [3.63, 3.8) is 0 Å². The molecule has 18 heavy (non-hydrogen) atoms. The maximum atomic E-state index is 5.89. The van der Waals surface area contributed by atoms with Gasteiger partial charge in [0.05, 0.1) is 6.10 Å². The Morgan fingerprint density at radius 2 is 2.17 bits per heavy atom. The van der Waals surface area contributed by atoms with E-state index in [2.05, 4.69) is 37.1 Å². The molecule has 1 N–H and O–H groups in total. The summed E-state index contributed by atoms with van der Waals surface area (Å²) in [6.07, 6.45) is 7.29. The van der Waals surface area contributed by atoms with E-state index >= 15 is 0 Å². The summed E-state index contributed by atoms with van der Waals surface area (Å²) in [6.45, 7) is 8.16. The molecule has 1 heterocycles. The van der Waals surface area contributed by atoms with E-state index in [9.17, 15) is 0 Å². The summed E-state index contributed by atoms with van der Waals surface area (Å²) in [6, 6.07) is 4.50. The lowest BCUT2D eigenvalue weighted by Gasteiger charge is -2.27. The minimum absolute atomic E-state index is 0.292. The van der Waals surface area contributed by atoms with Crippen molar-refractivity contribution in [3.8, 4) is 0 Å². The molecule has 0 amide bonds. The maximum Gasteiger partial charge on any atom is 0.0731 e. The zero-order valence-corrected chi connectivity index (χ0v) is 11.9. The fourth-order valence-corrected chi connectivity index (χ4v) is 2.27. The number of nitrogens with zero attached hydrogens (tertiary/aromatic N) is 1. The van der Waals surface area contributed by atoms with Crippen molar-refractivity contribution in [2.75, 3.05) is 13.2 Å². The molecule has 1 rings (SSSR count). The molecule has 3 heteroatoms. The van der Waals surface area contributed by atoms with Gasteiger partial charge in [-0.05, 0) is 37.9 Å². The highest BCUT2D eigenvalue weighted by Gasteiger charge is 2.20. The first kappa shape index (κ1) is 15.1. The van der Waals surface area contributed by atoms with Gasteiger partial charge in [-0.2, -0.15) is 0 Å². The van der Waals surface area contributed by atoms with E-state index in [0.29, 0.717) is 12.1 Å². The molecule has 1 aromatic heterocycles. The number of hydrogen-bond donors (Lipinski definition) is 1. The Labute approximate surface area is 111 Å². The Hall–Kier alpha value is -0.930. The zero-order chi connectivity index (χ0) is 13.2. The van der Waals surface area contributed by atoms with Crippen molar-refractivity contribution in [1.29, 1.82) is 0 Å². The second-order valence-corrected chi connectivity index (χ2v) is 4.51. The van der Waals surface area contributed by atoms with Gasteiger partial charge in [0.1, 0.15) is 0 Å². The van der Waals surface area contributed by atoms with Crippen molar-refractivity contribution >= 4 is 0 Å². The van der Waals surface area contributed by atoms with Crippen molar-refractivity contribution < 1.29 is 4.74 Å². The molecule has 2 atom stereocenters. The molecule has 0 fully saturated rings. The summed E-state index contributed by atoms with van der Waals surface area (Å²) in [5, 5.41) is 3.55. The van der Waals surface area contributed by atoms with Crippen LogP contribution in [0.15, 0.2) is 24.5 Å². The van der Waals surface area contributed by atoms with Crippen LogP contribution in [0, 0.1) is 0 Å². The van der Waals surface area contributed by atoms with Crippen LogP contribution >= 0.6 is 0 Å². The van der Waals surface area contributed by atoms with Crippen LogP contribution in [0.25, 0.3) is 0 Å². The van der Waals surface area contributed by atoms with Crippen LogP contribution in [0.3, 0.4) is 0 Å². The van der Waals surface area contributed by atoms with Crippen LogP contribution in [-0.4, -0.2) is 30.3 Å². The van der Waals surface area contributed by atoms with Crippen LogP contribution in [0.1, 0.15) is 39.2 Å². The Balaban J connectivity index is 2.66. The normalized spacial score (nSPS) is 14.4. The molecule has 0 bridgehead atoms. The van der Waals surface area contributed by atoms with Crippen LogP contribution < -0.4 is 5.32 Å². The molecule has 3 nitrogen and oxygen atoms in total. The molecule has 0 aliphatic carbocycles. The SMILES string of the molecule is CCCC(OCC)C(Cc1cccnc1)NCC. The van der Waals surface area contributed by atoms with Crippen LogP contribution in [0.5, 0.6) is 0 Å². The molecule has 0 saturated carbocycles. The highest BCUT2D eigenvalue weighted by atomic mass is 16.5. The Bertz CT molecular complexity index is 297.